The van der Waals surface area contributed by atoms with Gasteiger partial charge in [-0.05, 0) is 50.5 Å². The molecule has 0 spiro atoms. The van der Waals surface area contributed by atoms with Crippen LogP contribution in [0.25, 0.3) is 10.2 Å². The lowest BCUT2D eigenvalue weighted by atomic mass is 10.1. The summed E-state index contributed by atoms with van der Waals surface area (Å²) in [7, 11) is 5.59. The van der Waals surface area contributed by atoms with Gasteiger partial charge in [0, 0.05) is 13.1 Å². The van der Waals surface area contributed by atoms with Crippen LogP contribution in [0.5, 0.6) is 17.2 Å². The second kappa shape index (κ2) is 9.80. The summed E-state index contributed by atoms with van der Waals surface area (Å²) in [5, 5.41) is 0.630. The second-order valence-electron chi connectivity index (χ2n) is 7.47. The van der Waals surface area contributed by atoms with Crippen LogP contribution in [0.15, 0.2) is 72.8 Å². The maximum atomic E-state index is 13.8. The van der Waals surface area contributed by atoms with Crippen molar-refractivity contribution in [2.24, 2.45) is 0 Å². The van der Waals surface area contributed by atoms with Gasteiger partial charge in [-0.2, -0.15) is 0 Å². The number of rotatable bonds is 8. The number of hydrogen-bond acceptors (Lipinski definition) is 6. The molecular weight excluding hydrogens is 422 g/mol. The van der Waals surface area contributed by atoms with Crippen LogP contribution in [0.2, 0.25) is 0 Å². The summed E-state index contributed by atoms with van der Waals surface area (Å²) in [6, 6.07) is 22.6. The molecule has 4 aromatic rings. The average Bonchev–Trinajstić information content (AvgIpc) is 3.24. The molecule has 1 heterocycles. The highest BCUT2D eigenvalue weighted by Crippen LogP contribution is 2.35. The van der Waals surface area contributed by atoms with Crippen LogP contribution in [0.3, 0.4) is 0 Å². The third-order valence-electron chi connectivity index (χ3n) is 4.93. The zero-order valence-corrected chi connectivity index (χ0v) is 19.1. The lowest BCUT2D eigenvalue weighted by molar-refractivity contribution is 0.0983. The fraction of sp³-hybridized carbons (Fsp3) is 0.200. The van der Waals surface area contributed by atoms with Crippen molar-refractivity contribution in [3.05, 3.63) is 78.4 Å². The molecule has 32 heavy (non-hydrogen) atoms. The van der Waals surface area contributed by atoms with Crippen molar-refractivity contribution < 1.29 is 14.3 Å². The van der Waals surface area contributed by atoms with Crippen molar-refractivity contribution >= 4 is 32.6 Å². The van der Waals surface area contributed by atoms with Gasteiger partial charge in [-0.25, -0.2) is 4.98 Å². The number of amides is 1. The van der Waals surface area contributed by atoms with Gasteiger partial charge in [0.25, 0.3) is 5.91 Å². The van der Waals surface area contributed by atoms with Crippen LogP contribution in [0, 0.1) is 0 Å². The smallest absolute Gasteiger partial charge is 0.263 e. The number of carbonyl (C=O) groups is 1. The lowest BCUT2D eigenvalue weighted by Crippen LogP contribution is -2.36. The molecule has 0 fully saturated rings. The first-order chi connectivity index (χ1) is 15.6. The monoisotopic (exact) mass is 447 g/mol. The molecule has 0 atom stereocenters. The number of ether oxygens (including phenoxy) is 2. The van der Waals surface area contributed by atoms with E-state index in [1.807, 2.05) is 85.7 Å². The molecule has 0 unspecified atom stereocenters. The van der Waals surface area contributed by atoms with Gasteiger partial charge in [0.15, 0.2) is 5.13 Å². The third kappa shape index (κ3) is 4.74. The van der Waals surface area contributed by atoms with Gasteiger partial charge in [-0.15, -0.1) is 0 Å². The molecule has 0 aliphatic rings. The van der Waals surface area contributed by atoms with E-state index in [0.717, 1.165) is 10.2 Å². The Kier molecular flexibility index (Phi) is 6.68. The zero-order chi connectivity index (χ0) is 22.5. The Morgan fingerprint density at radius 3 is 2.38 bits per heavy atom. The number of para-hydroxylation sites is 3. The number of fused-ring (bicyclic) bond motifs is 1. The highest BCUT2D eigenvalue weighted by atomic mass is 32.1. The Morgan fingerprint density at radius 2 is 1.62 bits per heavy atom. The minimum atomic E-state index is -0.156. The van der Waals surface area contributed by atoms with Crippen molar-refractivity contribution in [2.45, 2.75) is 0 Å². The number of nitrogens with zero attached hydrogens (tertiary/aromatic N) is 3. The molecule has 0 aliphatic carbocycles. The fourth-order valence-electron chi connectivity index (χ4n) is 3.27. The van der Waals surface area contributed by atoms with E-state index in [9.17, 15) is 4.79 Å². The quantitative estimate of drug-likeness (QED) is 0.367. The number of thiazole rings is 1. The van der Waals surface area contributed by atoms with Crippen LogP contribution in [0.1, 0.15) is 10.4 Å². The summed E-state index contributed by atoms with van der Waals surface area (Å²) in [5.74, 6) is 1.73. The first-order valence-corrected chi connectivity index (χ1v) is 11.1. The molecule has 3 aromatic carbocycles. The van der Waals surface area contributed by atoms with Crippen LogP contribution < -0.4 is 14.4 Å². The average molecular weight is 448 g/mol. The van der Waals surface area contributed by atoms with Gasteiger partial charge < -0.3 is 14.4 Å². The highest BCUT2D eigenvalue weighted by molar-refractivity contribution is 7.22. The summed E-state index contributed by atoms with van der Waals surface area (Å²) in [6.45, 7) is 1.19. The normalized spacial score (nSPS) is 11.0. The molecule has 1 aromatic heterocycles. The number of methoxy groups -OCH3 is 1. The van der Waals surface area contributed by atoms with E-state index in [1.54, 1.807) is 18.1 Å². The van der Waals surface area contributed by atoms with Crippen molar-refractivity contribution in [3.63, 3.8) is 0 Å². The fourth-order valence-corrected chi connectivity index (χ4v) is 4.28. The molecule has 4 rings (SSSR count). The molecule has 0 saturated heterocycles. The van der Waals surface area contributed by atoms with Crippen LogP contribution in [0.4, 0.5) is 5.13 Å². The summed E-state index contributed by atoms with van der Waals surface area (Å²) in [6.07, 6.45) is 0. The molecule has 0 bridgehead atoms. The minimum Gasteiger partial charge on any atom is -0.494 e. The number of aromatic nitrogens is 1. The Balaban J connectivity index is 1.72. The summed E-state index contributed by atoms with van der Waals surface area (Å²) < 4.78 is 12.5. The van der Waals surface area contributed by atoms with E-state index in [1.165, 1.54) is 11.3 Å². The summed E-state index contributed by atoms with van der Waals surface area (Å²) in [4.78, 5) is 22.3. The van der Waals surface area contributed by atoms with Crippen molar-refractivity contribution in [2.75, 3.05) is 39.2 Å². The van der Waals surface area contributed by atoms with E-state index in [0.29, 0.717) is 41.0 Å². The Labute approximate surface area is 191 Å². The van der Waals surface area contributed by atoms with Crippen molar-refractivity contribution in [1.82, 2.24) is 9.88 Å². The predicted molar refractivity (Wildman–Crippen MR) is 129 cm³/mol. The van der Waals surface area contributed by atoms with Crippen molar-refractivity contribution in [3.8, 4) is 17.2 Å². The van der Waals surface area contributed by atoms with Gasteiger partial charge in [-0.3, -0.25) is 9.69 Å². The van der Waals surface area contributed by atoms with Crippen LogP contribution >= 0.6 is 11.3 Å². The predicted octanol–water partition coefficient (Wildman–Crippen LogP) is 5.31. The van der Waals surface area contributed by atoms with Crippen LogP contribution in [-0.2, 0) is 0 Å². The van der Waals surface area contributed by atoms with E-state index < -0.39 is 0 Å². The SMILES string of the molecule is COc1cccc2sc(N(CCN(C)C)C(=O)c3ccccc3Oc3ccccc3)nc12. The molecule has 6 nitrogen and oxygen atoms in total. The summed E-state index contributed by atoms with van der Waals surface area (Å²) in [5.41, 5.74) is 1.24. The van der Waals surface area contributed by atoms with E-state index in [4.69, 9.17) is 14.5 Å². The molecule has 0 N–H and O–H groups in total. The third-order valence-corrected chi connectivity index (χ3v) is 5.97. The number of likely N-dealkylation sites (N-methyl/N-ethyl adjacent to an activating group) is 1. The van der Waals surface area contributed by atoms with E-state index in [-0.39, 0.29) is 5.91 Å². The number of hydrogen-bond donors (Lipinski definition) is 0. The first-order valence-electron chi connectivity index (χ1n) is 10.3. The number of benzene rings is 3. The van der Waals surface area contributed by atoms with Gasteiger partial charge >= 0.3 is 0 Å². The Morgan fingerprint density at radius 1 is 0.906 bits per heavy atom. The maximum absolute atomic E-state index is 13.8. The van der Waals surface area contributed by atoms with E-state index in [2.05, 4.69) is 0 Å². The molecule has 0 saturated carbocycles. The number of anilines is 1. The molecular formula is C25H25N3O3S. The molecule has 7 heteroatoms. The highest BCUT2D eigenvalue weighted by Gasteiger charge is 2.25. The second-order valence-corrected chi connectivity index (χ2v) is 8.48. The van der Waals surface area contributed by atoms with E-state index >= 15 is 0 Å². The Hall–Kier alpha value is -3.42. The zero-order valence-electron chi connectivity index (χ0n) is 18.3. The molecule has 0 aliphatic heterocycles. The topological polar surface area (TPSA) is 54.9 Å². The first kappa shape index (κ1) is 21.8. The van der Waals surface area contributed by atoms with Gasteiger partial charge in [0.1, 0.15) is 22.8 Å². The maximum Gasteiger partial charge on any atom is 0.263 e. The van der Waals surface area contributed by atoms with Crippen molar-refractivity contribution in [1.29, 1.82) is 0 Å². The lowest BCUT2D eigenvalue weighted by Gasteiger charge is -2.23. The summed E-state index contributed by atoms with van der Waals surface area (Å²) >= 11 is 1.47. The Bertz CT molecular complexity index is 1210. The molecule has 0 radical (unpaired) electrons. The standard InChI is InChI=1S/C25H25N3O3S/c1-27(2)16-17-28(25-26-23-21(30-3)14-9-15-22(23)32-25)24(29)19-12-7-8-13-20(19)31-18-10-5-4-6-11-18/h4-15H,16-17H2,1-3H3. The number of carbonyl (C=O) groups excluding carboxylic acids is 1. The van der Waals surface area contributed by atoms with Crippen LogP contribution in [-0.4, -0.2) is 50.1 Å². The molecule has 164 valence electrons. The largest absolute Gasteiger partial charge is 0.494 e. The minimum absolute atomic E-state index is 0.156. The van der Waals surface area contributed by atoms with Gasteiger partial charge in [-0.1, -0.05) is 47.7 Å². The van der Waals surface area contributed by atoms with Gasteiger partial charge in [0.2, 0.25) is 0 Å². The van der Waals surface area contributed by atoms with Gasteiger partial charge in [0.05, 0.1) is 17.4 Å². The molecule has 1 amide bonds.